The molecule has 23 heavy (non-hydrogen) atoms. The maximum atomic E-state index is 5.46. The zero-order valence-corrected chi connectivity index (χ0v) is 12.8. The average molecular weight is 322 g/mol. The number of hydrogen-bond donors (Lipinski definition) is 1. The van der Waals surface area contributed by atoms with Gasteiger partial charge in [-0.2, -0.15) is 0 Å². The quantitative estimate of drug-likeness (QED) is 0.865. The van der Waals surface area contributed by atoms with E-state index in [1.165, 1.54) is 0 Å². The molecule has 0 bridgehead atoms. The zero-order valence-electron chi connectivity index (χ0n) is 12.0. The van der Waals surface area contributed by atoms with Gasteiger partial charge in [-0.3, -0.25) is 0 Å². The van der Waals surface area contributed by atoms with Crippen LogP contribution in [0, 0.1) is 12.3 Å². The Bertz CT molecular complexity index is 892. The smallest absolute Gasteiger partial charge is 0.116 e. The summed E-state index contributed by atoms with van der Waals surface area (Å²) in [6.07, 6.45) is 12.3. The van der Waals surface area contributed by atoms with Gasteiger partial charge < -0.3 is 5.32 Å². The van der Waals surface area contributed by atoms with E-state index in [0.717, 1.165) is 33.9 Å². The van der Waals surface area contributed by atoms with Crippen molar-refractivity contribution in [1.29, 1.82) is 0 Å². The summed E-state index contributed by atoms with van der Waals surface area (Å²) in [6, 6.07) is 7.54. The second-order valence-corrected chi connectivity index (χ2v) is 4.95. The van der Waals surface area contributed by atoms with Crippen LogP contribution in [0.15, 0.2) is 52.5 Å². The topological polar surface area (TPSA) is 62.5 Å². The van der Waals surface area contributed by atoms with Crippen molar-refractivity contribution in [3.8, 4) is 12.3 Å². The average Bonchev–Trinajstić information content (AvgIpc) is 3.03. The number of anilines is 1. The summed E-state index contributed by atoms with van der Waals surface area (Å²) >= 11 is 0. The Kier molecular flexibility index (Phi) is 3.92. The molecule has 1 aromatic carbocycles. The Morgan fingerprint density at radius 2 is 2.17 bits per heavy atom. The monoisotopic (exact) mass is 321 g/mol. The number of nitrogens with zero attached hydrogens (tertiary/aromatic N) is 4. The van der Waals surface area contributed by atoms with E-state index in [0.29, 0.717) is 0 Å². The third-order valence-corrected chi connectivity index (χ3v) is 3.61. The van der Waals surface area contributed by atoms with Gasteiger partial charge in [0.05, 0.1) is 17.1 Å². The summed E-state index contributed by atoms with van der Waals surface area (Å²) in [5, 5.41) is 3.45. The number of fused-ring (bicyclic) bond motifs is 2. The highest BCUT2D eigenvalue weighted by Gasteiger charge is 2.30. The third-order valence-electron chi connectivity index (χ3n) is 3.61. The molecule has 1 aliphatic heterocycles. The lowest BCUT2D eigenvalue weighted by atomic mass is 9.94. The number of rotatable bonds is 2. The van der Waals surface area contributed by atoms with Crippen LogP contribution in [0.5, 0.6) is 0 Å². The first-order chi connectivity index (χ1) is 10.8. The van der Waals surface area contributed by atoms with Crippen molar-refractivity contribution in [2.75, 3.05) is 5.32 Å². The van der Waals surface area contributed by atoms with Gasteiger partial charge in [-0.05, 0) is 24.3 Å². The number of nitrogens with one attached hydrogen (secondary N) is 1. The van der Waals surface area contributed by atoms with Gasteiger partial charge in [0.15, 0.2) is 0 Å². The third kappa shape index (κ3) is 2.60. The molecule has 1 atom stereocenters. The standard InChI is InChI=1S/C17H11N5.ClH/c1-2-11-4-3-5-13(6-11)22-17-15-12(8-18-9-20-15)7-14-16(17)21-10-19-14;/h1,3-10,17,22H;1H. The fourth-order valence-electron chi connectivity index (χ4n) is 2.60. The molecular weight excluding hydrogens is 310 g/mol. The van der Waals surface area contributed by atoms with Gasteiger partial charge in [0.2, 0.25) is 0 Å². The molecule has 1 aliphatic carbocycles. The summed E-state index contributed by atoms with van der Waals surface area (Å²) in [6.45, 7) is 0. The van der Waals surface area contributed by atoms with Gasteiger partial charge >= 0.3 is 0 Å². The normalized spacial score (nSPS) is 17.1. The van der Waals surface area contributed by atoms with Crippen molar-refractivity contribution < 1.29 is 0 Å². The van der Waals surface area contributed by atoms with Crippen LogP contribution in [0.4, 0.5) is 5.69 Å². The fourth-order valence-corrected chi connectivity index (χ4v) is 2.60. The molecule has 0 radical (unpaired) electrons. The molecule has 2 aromatic rings. The number of halogens is 1. The van der Waals surface area contributed by atoms with Crippen LogP contribution in [0.1, 0.15) is 22.9 Å². The molecule has 0 fully saturated rings. The second-order valence-electron chi connectivity index (χ2n) is 4.95. The Balaban J connectivity index is 0.00000156. The van der Waals surface area contributed by atoms with E-state index in [1.807, 2.05) is 30.3 Å². The molecule has 0 amide bonds. The second kappa shape index (κ2) is 6.03. The number of hydrogen-bond acceptors (Lipinski definition) is 5. The van der Waals surface area contributed by atoms with Crippen LogP contribution in [0.2, 0.25) is 0 Å². The minimum atomic E-state index is -0.173. The Hall–Kier alpha value is -2.97. The van der Waals surface area contributed by atoms with Crippen molar-refractivity contribution in [1.82, 2.24) is 9.97 Å². The lowest BCUT2D eigenvalue weighted by molar-refractivity contribution is 0.927. The van der Waals surface area contributed by atoms with E-state index < -0.39 is 0 Å². The van der Waals surface area contributed by atoms with E-state index in [1.54, 1.807) is 18.9 Å². The molecule has 1 N–H and O–H groups in total. The molecule has 2 heterocycles. The maximum absolute atomic E-state index is 5.46. The molecule has 112 valence electrons. The summed E-state index contributed by atoms with van der Waals surface area (Å²) < 4.78 is 0. The van der Waals surface area contributed by atoms with E-state index in [-0.39, 0.29) is 18.4 Å². The Labute approximate surface area is 139 Å². The number of benzene rings is 1. The highest BCUT2D eigenvalue weighted by atomic mass is 35.5. The zero-order chi connectivity index (χ0) is 14.9. The summed E-state index contributed by atoms with van der Waals surface area (Å²) in [5.41, 5.74) is 5.27. The lowest BCUT2D eigenvalue weighted by Gasteiger charge is -2.24. The van der Waals surface area contributed by atoms with E-state index in [2.05, 4.69) is 31.2 Å². The summed E-state index contributed by atoms with van der Waals surface area (Å²) in [7, 11) is 0. The van der Waals surface area contributed by atoms with Crippen LogP contribution >= 0.6 is 12.4 Å². The molecular formula is C17H12ClN5. The van der Waals surface area contributed by atoms with Crippen molar-refractivity contribution >= 4 is 36.2 Å². The van der Waals surface area contributed by atoms with Gasteiger partial charge in [0, 0.05) is 23.0 Å². The number of aliphatic imine (C=N–C) groups is 2. The van der Waals surface area contributed by atoms with Crippen LogP contribution < -0.4 is 5.32 Å². The van der Waals surface area contributed by atoms with Crippen molar-refractivity contribution in [3.05, 3.63) is 59.3 Å². The van der Waals surface area contributed by atoms with Crippen LogP contribution in [-0.4, -0.2) is 22.0 Å². The summed E-state index contributed by atoms with van der Waals surface area (Å²) in [5.74, 6) is 2.64. The van der Waals surface area contributed by atoms with Crippen molar-refractivity contribution in [2.45, 2.75) is 6.04 Å². The SMILES string of the molecule is C#Cc1cccc(NC2C3=NC=NC3=Cc3cncnc32)c1.Cl. The minimum Gasteiger partial charge on any atom is -0.371 e. The van der Waals surface area contributed by atoms with Gasteiger partial charge in [-0.15, -0.1) is 18.8 Å². The first kappa shape index (κ1) is 14.9. The van der Waals surface area contributed by atoms with Gasteiger partial charge in [-0.1, -0.05) is 12.0 Å². The largest absolute Gasteiger partial charge is 0.371 e. The Morgan fingerprint density at radius 3 is 3.04 bits per heavy atom. The molecule has 1 unspecified atom stereocenters. The first-order valence-corrected chi connectivity index (χ1v) is 6.80. The molecule has 2 aliphatic rings. The van der Waals surface area contributed by atoms with Crippen LogP contribution in [-0.2, 0) is 0 Å². The molecule has 4 rings (SSSR count). The molecule has 0 saturated carbocycles. The van der Waals surface area contributed by atoms with Gasteiger partial charge in [-0.25, -0.2) is 20.0 Å². The maximum Gasteiger partial charge on any atom is 0.116 e. The first-order valence-electron chi connectivity index (χ1n) is 6.80. The Morgan fingerprint density at radius 1 is 1.26 bits per heavy atom. The predicted octanol–water partition coefficient (Wildman–Crippen LogP) is 2.87. The van der Waals surface area contributed by atoms with Crippen molar-refractivity contribution in [3.63, 3.8) is 0 Å². The molecule has 0 saturated heterocycles. The van der Waals surface area contributed by atoms with Crippen LogP contribution in [0.25, 0.3) is 6.08 Å². The number of aromatic nitrogens is 2. The van der Waals surface area contributed by atoms with E-state index in [9.17, 15) is 0 Å². The molecule has 0 spiro atoms. The lowest BCUT2D eigenvalue weighted by Crippen LogP contribution is -2.26. The summed E-state index contributed by atoms with van der Waals surface area (Å²) in [4.78, 5) is 17.1. The molecule has 1 aromatic heterocycles. The predicted molar refractivity (Wildman–Crippen MR) is 93.9 cm³/mol. The minimum absolute atomic E-state index is 0. The van der Waals surface area contributed by atoms with Gasteiger partial charge in [0.25, 0.3) is 0 Å². The molecule has 5 nitrogen and oxygen atoms in total. The number of terminal acetylenes is 1. The van der Waals surface area contributed by atoms with Crippen molar-refractivity contribution in [2.24, 2.45) is 9.98 Å². The van der Waals surface area contributed by atoms with Gasteiger partial charge in [0.1, 0.15) is 18.7 Å². The highest BCUT2D eigenvalue weighted by Crippen LogP contribution is 2.33. The van der Waals surface area contributed by atoms with E-state index in [4.69, 9.17) is 6.42 Å². The van der Waals surface area contributed by atoms with Crippen LogP contribution in [0.3, 0.4) is 0 Å². The van der Waals surface area contributed by atoms with E-state index >= 15 is 0 Å². The highest BCUT2D eigenvalue weighted by molar-refractivity contribution is 6.16. The fraction of sp³-hybridized carbons (Fsp3) is 0.0588. The molecule has 6 heteroatoms.